The molecule has 2 aromatic rings. The molecule has 0 saturated heterocycles. The predicted octanol–water partition coefficient (Wildman–Crippen LogP) is 4.04. The highest BCUT2D eigenvalue weighted by Crippen LogP contribution is 2.32. The minimum atomic E-state index is -0.674. The maximum Gasteiger partial charge on any atom is 0.312 e. The lowest BCUT2D eigenvalue weighted by atomic mass is 9.87. The van der Waals surface area contributed by atoms with Crippen LogP contribution >= 0.6 is 0 Å². The average Bonchev–Trinajstić information content (AvgIpc) is 2.60. The molecule has 0 radical (unpaired) electrons. The van der Waals surface area contributed by atoms with Gasteiger partial charge in [0.1, 0.15) is 5.75 Å². The highest BCUT2D eigenvalue weighted by molar-refractivity contribution is 5.93. The number of amides is 3. The van der Waals surface area contributed by atoms with E-state index in [1.165, 1.54) is 0 Å². The first-order chi connectivity index (χ1) is 13.1. The van der Waals surface area contributed by atoms with Gasteiger partial charge in [-0.3, -0.25) is 4.79 Å². The van der Waals surface area contributed by atoms with Crippen LogP contribution in [0.1, 0.15) is 49.9 Å². The Balaban J connectivity index is 2.24. The summed E-state index contributed by atoms with van der Waals surface area (Å²) in [4.78, 5) is 24.2. The maximum absolute atomic E-state index is 12.7. The SMILES string of the molecule is COc1ccc(C(C)(C)C)cc1NC(=O)C[C@H](NC(N)=O)c1cccc(C)c1. The summed E-state index contributed by atoms with van der Waals surface area (Å²) >= 11 is 0. The molecule has 1 atom stereocenters. The van der Waals surface area contributed by atoms with Crippen LogP contribution in [0.5, 0.6) is 5.75 Å². The number of methoxy groups -OCH3 is 1. The number of primary amides is 1. The molecule has 0 aliphatic heterocycles. The van der Waals surface area contributed by atoms with Crippen molar-refractivity contribution in [1.29, 1.82) is 0 Å². The van der Waals surface area contributed by atoms with Crippen LogP contribution in [0, 0.1) is 6.92 Å². The predicted molar refractivity (Wildman–Crippen MR) is 112 cm³/mol. The number of ether oxygens (including phenoxy) is 1. The number of nitrogens with two attached hydrogens (primary N) is 1. The zero-order valence-electron chi connectivity index (χ0n) is 17.1. The summed E-state index contributed by atoms with van der Waals surface area (Å²) in [7, 11) is 1.56. The second kappa shape index (κ2) is 8.78. The van der Waals surface area contributed by atoms with E-state index in [1.807, 2.05) is 49.4 Å². The minimum Gasteiger partial charge on any atom is -0.495 e. The number of anilines is 1. The third kappa shape index (κ3) is 5.74. The van der Waals surface area contributed by atoms with Crippen molar-refractivity contribution in [1.82, 2.24) is 5.32 Å². The van der Waals surface area contributed by atoms with Crippen LogP contribution in [0.3, 0.4) is 0 Å². The summed E-state index contributed by atoms with van der Waals surface area (Å²) in [6.45, 7) is 8.26. The number of nitrogens with one attached hydrogen (secondary N) is 2. The van der Waals surface area contributed by atoms with Gasteiger partial charge >= 0.3 is 6.03 Å². The van der Waals surface area contributed by atoms with E-state index in [9.17, 15) is 9.59 Å². The average molecular weight is 383 g/mol. The first-order valence-corrected chi connectivity index (χ1v) is 9.21. The summed E-state index contributed by atoms with van der Waals surface area (Å²) in [5.74, 6) is 0.334. The lowest BCUT2D eigenvalue weighted by Gasteiger charge is -2.22. The normalized spacial score (nSPS) is 12.2. The molecule has 0 heterocycles. The van der Waals surface area contributed by atoms with E-state index >= 15 is 0 Å². The first kappa shape index (κ1) is 21.3. The summed E-state index contributed by atoms with van der Waals surface area (Å²) in [6.07, 6.45) is 0.0509. The number of aryl methyl sites for hydroxylation is 1. The topological polar surface area (TPSA) is 93.4 Å². The summed E-state index contributed by atoms with van der Waals surface area (Å²) in [5.41, 5.74) is 8.78. The number of hydrogen-bond acceptors (Lipinski definition) is 3. The molecule has 6 nitrogen and oxygen atoms in total. The summed E-state index contributed by atoms with van der Waals surface area (Å²) in [6, 6.07) is 12.2. The highest BCUT2D eigenvalue weighted by atomic mass is 16.5. The standard InChI is InChI=1S/C22H29N3O3/c1-14-7-6-8-15(11-14)17(25-21(23)27)13-20(26)24-18-12-16(22(2,3)4)9-10-19(18)28-5/h6-12,17H,13H2,1-5H3,(H,24,26)(H3,23,25,27)/t17-/m0/s1. The van der Waals surface area contributed by atoms with Gasteiger partial charge in [-0.25, -0.2) is 4.79 Å². The Hall–Kier alpha value is -3.02. The fourth-order valence-electron chi connectivity index (χ4n) is 2.97. The van der Waals surface area contributed by atoms with Gasteiger partial charge in [0.05, 0.1) is 25.3 Å². The van der Waals surface area contributed by atoms with E-state index in [1.54, 1.807) is 7.11 Å². The molecule has 0 bridgehead atoms. The Bertz CT molecular complexity index is 856. The number of hydrogen-bond donors (Lipinski definition) is 3. The first-order valence-electron chi connectivity index (χ1n) is 9.21. The molecular weight excluding hydrogens is 354 g/mol. The fourth-order valence-corrected chi connectivity index (χ4v) is 2.97. The Labute approximate surface area is 166 Å². The lowest BCUT2D eigenvalue weighted by molar-refractivity contribution is -0.116. The van der Waals surface area contributed by atoms with Crippen molar-refractivity contribution in [3.05, 3.63) is 59.2 Å². The second-order valence-corrected chi connectivity index (χ2v) is 7.89. The van der Waals surface area contributed by atoms with Crippen molar-refractivity contribution in [2.24, 2.45) is 5.73 Å². The van der Waals surface area contributed by atoms with Crippen LogP contribution in [0.15, 0.2) is 42.5 Å². The maximum atomic E-state index is 12.7. The van der Waals surface area contributed by atoms with Crippen molar-refractivity contribution < 1.29 is 14.3 Å². The third-order valence-electron chi connectivity index (χ3n) is 4.49. The van der Waals surface area contributed by atoms with Gasteiger partial charge in [-0.15, -0.1) is 0 Å². The fraction of sp³-hybridized carbons (Fsp3) is 0.364. The van der Waals surface area contributed by atoms with Gasteiger partial charge in [0.2, 0.25) is 5.91 Å². The number of rotatable bonds is 6. The molecule has 2 rings (SSSR count). The van der Waals surface area contributed by atoms with Crippen molar-refractivity contribution in [3.8, 4) is 5.75 Å². The third-order valence-corrected chi connectivity index (χ3v) is 4.49. The number of carbonyl (C=O) groups is 2. The Morgan fingerprint density at radius 2 is 1.86 bits per heavy atom. The van der Waals surface area contributed by atoms with Crippen LogP contribution in [-0.2, 0) is 10.2 Å². The van der Waals surface area contributed by atoms with Crippen LogP contribution < -0.4 is 21.1 Å². The molecule has 0 spiro atoms. The van der Waals surface area contributed by atoms with Crippen LogP contribution in [-0.4, -0.2) is 19.0 Å². The van der Waals surface area contributed by atoms with Crippen molar-refractivity contribution >= 4 is 17.6 Å². The van der Waals surface area contributed by atoms with E-state index < -0.39 is 12.1 Å². The molecule has 2 aromatic carbocycles. The highest BCUT2D eigenvalue weighted by Gasteiger charge is 2.20. The van der Waals surface area contributed by atoms with Gasteiger partial charge in [0.15, 0.2) is 0 Å². The molecule has 28 heavy (non-hydrogen) atoms. The van der Waals surface area contributed by atoms with E-state index in [0.29, 0.717) is 11.4 Å². The summed E-state index contributed by atoms with van der Waals surface area (Å²) in [5, 5.41) is 5.56. The number of urea groups is 1. The van der Waals surface area contributed by atoms with Gasteiger partial charge in [-0.2, -0.15) is 0 Å². The largest absolute Gasteiger partial charge is 0.495 e. The van der Waals surface area contributed by atoms with Crippen molar-refractivity contribution in [2.45, 2.75) is 45.6 Å². The number of carbonyl (C=O) groups excluding carboxylic acids is 2. The molecule has 0 aliphatic carbocycles. The zero-order chi connectivity index (χ0) is 20.9. The Morgan fingerprint density at radius 3 is 2.43 bits per heavy atom. The van der Waals surface area contributed by atoms with Crippen molar-refractivity contribution in [3.63, 3.8) is 0 Å². The molecule has 150 valence electrons. The van der Waals surface area contributed by atoms with E-state index in [4.69, 9.17) is 10.5 Å². The van der Waals surface area contributed by atoms with E-state index in [2.05, 4.69) is 31.4 Å². The van der Waals surface area contributed by atoms with Gasteiger partial charge in [-0.1, -0.05) is 56.7 Å². The Kier molecular flexibility index (Phi) is 6.67. The van der Waals surface area contributed by atoms with Crippen LogP contribution in [0.4, 0.5) is 10.5 Å². The van der Waals surface area contributed by atoms with E-state index in [-0.39, 0.29) is 17.7 Å². The zero-order valence-corrected chi connectivity index (χ0v) is 17.1. The van der Waals surface area contributed by atoms with Gasteiger partial charge in [0, 0.05) is 0 Å². The minimum absolute atomic E-state index is 0.0509. The molecule has 0 aromatic heterocycles. The molecular formula is C22H29N3O3. The quantitative estimate of drug-likeness (QED) is 0.703. The molecule has 0 saturated carbocycles. The van der Waals surface area contributed by atoms with Gasteiger partial charge in [-0.05, 0) is 35.6 Å². The molecule has 0 fully saturated rings. The van der Waals surface area contributed by atoms with Crippen LogP contribution in [0.25, 0.3) is 0 Å². The smallest absolute Gasteiger partial charge is 0.312 e. The second-order valence-electron chi connectivity index (χ2n) is 7.89. The number of benzene rings is 2. The summed E-state index contributed by atoms with van der Waals surface area (Å²) < 4.78 is 5.38. The lowest BCUT2D eigenvalue weighted by Crippen LogP contribution is -2.35. The van der Waals surface area contributed by atoms with Gasteiger partial charge < -0.3 is 21.1 Å². The monoisotopic (exact) mass is 383 g/mol. The molecule has 0 aliphatic rings. The van der Waals surface area contributed by atoms with Crippen LogP contribution in [0.2, 0.25) is 0 Å². The molecule has 0 unspecified atom stereocenters. The molecule has 6 heteroatoms. The molecule has 4 N–H and O–H groups in total. The van der Waals surface area contributed by atoms with E-state index in [0.717, 1.165) is 16.7 Å². The van der Waals surface area contributed by atoms with Crippen molar-refractivity contribution in [2.75, 3.05) is 12.4 Å². The molecule has 3 amide bonds. The Morgan fingerprint density at radius 1 is 1.14 bits per heavy atom. The van der Waals surface area contributed by atoms with Gasteiger partial charge in [0.25, 0.3) is 0 Å².